The smallest absolute Gasteiger partial charge is 0.348 e. The maximum atomic E-state index is 12.0. The molecule has 0 saturated heterocycles. The van der Waals surface area contributed by atoms with E-state index in [9.17, 15) is 19.2 Å². The minimum absolute atomic E-state index is 0.0824. The minimum Gasteiger partial charge on any atom is -0.390 e. The summed E-state index contributed by atoms with van der Waals surface area (Å²) in [6.07, 6.45) is 1.85. The molecule has 0 aliphatic carbocycles. The number of rotatable bonds is 4. The highest BCUT2D eigenvalue weighted by Gasteiger charge is 2.27. The van der Waals surface area contributed by atoms with Crippen molar-refractivity contribution in [2.24, 2.45) is 0 Å². The molecule has 0 amide bonds. The summed E-state index contributed by atoms with van der Waals surface area (Å²) in [6.45, 7) is 5.36. The lowest BCUT2D eigenvalue weighted by atomic mass is 9.95. The van der Waals surface area contributed by atoms with Gasteiger partial charge in [0.2, 0.25) is 0 Å². The van der Waals surface area contributed by atoms with Gasteiger partial charge in [-0.25, -0.2) is 4.79 Å². The van der Waals surface area contributed by atoms with Gasteiger partial charge in [-0.2, -0.15) is 0 Å². The molecule has 0 radical (unpaired) electrons. The Morgan fingerprint density at radius 1 is 1.05 bits per heavy atom. The molecule has 0 unspecified atom stereocenters. The van der Waals surface area contributed by atoms with Crippen LogP contribution in [-0.4, -0.2) is 28.5 Å². The van der Waals surface area contributed by atoms with Crippen molar-refractivity contribution < 1.29 is 23.9 Å². The van der Waals surface area contributed by atoms with Gasteiger partial charge in [0.05, 0.1) is 0 Å². The average Bonchev–Trinajstić information content (AvgIpc) is 2.35. The van der Waals surface area contributed by atoms with E-state index in [1.54, 1.807) is 6.92 Å². The molecule has 1 heterocycles. The first kappa shape index (κ1) is 15.7. The monoisotopic (exact) mass is 277 g/mol. The summed E-state index contributed by atoms with van der Waals surface area (Å²) in [5, 5.41) is 0. The normalized spacial score (nSPS) is 10.0. The molecule has 6 heteroatoms. The van der Waals surface area contributed by atoms with Gasteiger partial charge in [0.15, 0.2) is 11.6 Å². The highest BCUT2D eigenvalue weighted by molar-refractivity contribution is 6.13. The number of ketones is 2. The van der Waals surface area contributed by atoms with Gasteiger partial charge < -0.3 is 4.74 Å². The maximum Gasteiger partial charge on any atom is 0.348 e. The first-order valence-corrected chi connectivity index (χ1v) is 6.06. The second kappa shape index (κ2) is 6.18. The average molecular weight is 277 g/mol. The number of aryl methyl sites for hydroxylation is 1. The Morgan fingerprint density at radius 3 is 2.05 bits per heavy atom. The molecule has 1 aromatic heterocycles. The largest absolute Gasteiger partial charge is 0.390 e. The number of nitrogens with zero attached hydrogens (tertiary/aromatic N) is 1. The van der Waals surface area contributed by atoms with Gasteiger partial charge in [0.25, 0.3) is 0 Å². The molecule has 20 heavy (non-hydrogen) atoms. The van der Waals surface area contributed by atoms with Gasteiger partial charge in [-0.1, -0.05) is 6.92 Å². The van der Waals surface area contributed by atoms with E-state index >= 15 is 0 Å². The van der Waals surface area contributed by atoms with Crippen LogP contribution in [0.2, 0.25) is 0 Å². The molecule has 0 fully saturated rings. The maximum absolute atomic E-state index is 12.0. The van der Waals surface area contributed by atoms with E-state index < -0.39 is 17.7 Å². The number of pyridine rings is 1. The topological polar surface area (TPSA) is 90.4 Å². The SMILES string of the molecule is CCc1cnc(C(C)=O)c(C(=O)OC(C)=O)c1C(C)=O. The molecule has 1 rings (SSSR count). The summed E-state index contributed by atoms with van der Waals surface area (Å²) in [5.74, 6) is -2.72. The number of carbonyl (C=O) groups is 4. The number of carbonyl (C=O) groups excluding carboxylic acids is 4. The number of aromatic nitrogens is 1. The molecular weight excluding hydrogens is 262 g/mol. The Kier molecular flexibility index (Phi) is 4.85. The number of ether oxygens (including phenoxy) is 1. The van der Waals surface area contributed by atoms with Crippen LogP contribution >= 0.6 is 0 Å². The first-order chi connectivity index (χ1) is 9.29. The lowest BCUT2D eigenvalue weighted by molar-refractivity contribution is -0.135. The molecule has 0 aliphatic heterocycles. The van der Waals surface area contributed by atoms with Crippen molar-refractivity contribution in [3.63, 3.8) is 0 Å². The summed E-state index contributed by atoms with van der Waals surface area (Å²) >= 11 is 0. The number of hydrogen-bond acceptors (Lipinski definition) is 6. The van der Waals surface area contributed by atoms with Gasteiger partial charge in [-0.15, -0.1) is 0 Å². The van der Waals surface area contributed by atoms with Crippen molar-refractivity contribution in [3.8, 4) is 0 Å². The molecule has 0 atom stereocenters. The fraction of sp³-hybridized carbons (Fsp3) is 0.357. The molecule has 0 spiro atoms. The Hall–Kier alpha value is -2.37. The number of hydrogen-bond donors (Lipinski definition) is 0. The lowest BCUT2D eigenvalue weighted by Gasteiger charge is -2.12. The van der Waals surface area contributed by atoms with Crippen LogP contribution in [-0.2, 0) is 16.0 Å². The fourth-order valence-corrected chi connectivity index (χ4v) is 1.87. The third-order valence-corrected chi connectivity index (χ3v) is 2.66. The van der Waals surface area contributed by atoms with Gasteiger partial charge >= 0.3 is 11.9 Å². The molecule has 0 saturated carbocycles. The van der Waals surface area contributed by atoms with Crippen LogP contribution in [0.1, 0.15) is 64.5 Å². The Labute approximate surface area is 116 Å². The van der Waals surface area contributed by atoms with Crippen LogP contribution in [0.5, 0.6) is 0 Å². The Bertz CT molecular complexity index is 604. The standard InChI is InChI=1S/C14H15NO5/c1-5-10-6-15-13(8(3)17)12(11(10)7(2)16)14(19)20-9(4)18/h6H,5H2,1-4H3. The predicted molar refractivity (Wildman–Crippen MR) is 69.7 cm³/mol. The molecule has 6 nitrogen and oxygen atoms in total. The first-order valence-electron chi connectivity index (χ1n) is 6.06. The second-order valence-corrected chi connectivity index (χ2v) is 4.23. The van der Waals surface area contributed by atoms with Crippen LogP contribution < -0.4 is 0 Å². The van der Waals surface area contributed by atoms with Gasteiger partial charge in [0, 0.05) is 25.6 Å². The van der Waals surface area contributed by atoms with Crippen molar-refractivity contribution >= 4 is 23.5 Å². The summed E-state index contributed by atoms with van der Waals surface area (Å²) in [4.78, 5) is 50.1. The number of esters is 2. The summed E-state index contributed by atoms with van der Waals surface area (Å²) in [7, 11) is 0. The molecule has 0 bridgehead atoms. The van der Waals surface area contributed by atoms with Crippen LogP contribution in [0.25, 0.3) is 0 Å². The van der Waals surface area contributed by atoms with Gasteiger partial charge in [-0.3, -0.25) is 19.4 Å². The molecular formula is C14H15NO5. The predicted octanol–water partition coefficient (Wildman–Crippen LogP) is 1.75. The second-order valence-electron chi connectivity index (χ2n) is 4.23. The van der Waals surface area contributed by atoms with E-state index in [0.717, 1.165) is 6.92 Å². The van der Waals surface area contributed by atoms with Crippen molar-refractivity contribution in [3.05, 3.63) is 28.6 Å². The van der Waals surface area contributed by atoms with Crippen molar-refractivity contribution in [1.82, 2.24) is 4.98 Å². The zero-order chi connectivity index (χ0) is 15.4. The zero-order valence-electron chi connectivity index (χ0n) is 11.8. The minimum atomic E-state index is -1.03. The lowest BCUT2D eigenvalue weighted by Crippen LogP contribution is -2.20. The van der Waals surface area contributed by atoms with Crippen molar-refractivity contribution in [1.29, 1.82) is 0 Å². The molecule has 0 aliphatic rings. The van der Waals surface area contributed by atoms with E-state index in [2.05, 4.69) is 9.72 Å². The van der Waals surface area contributed by atoms with Crippen molar-refractivity contribution in [2.75, 3.05) is 0 Å². The molecule has 1 aromatic rings. The zero-order valence-corrected chi connectivity index (χ0v) is 11.8. The molecule has 0 aromatic carbocycles. The third kappa shape index (κ3) is 3.14. The van der Waals surface area contributed by atoms with Crippen LogP contribution in [0, 0.1) is 0 Å². The van der Waals surface area contributed by atoms with E-state index in [1.807, 2.05) is 0 Å². The summed E-state index contributed by atoms with van der Waals surface area (Å²) < 4.78 is 4.50. The highest BCUT2D eigenvalue weighted by Crippen LogP contribution is 2.20. The van der Waals surface area contributed by atoms with Crippen molar-refractivity contribution in [2.45, 2.75) is 34.1 Å². The van der Waals surface area contributed by atoms with E-state index in [4.69, 9.17) is 0 Å². The third-order valence-electron chi connectivity index (χ3n) is 2.66. The Balaban J connectivity index is 3.64. The van der Waals surface area contributed by atoms with Gasteiger partial charge in [-0.05, 0) is 18.9 Å². The Morgan fingerprint density at radius 2 is 1.65 bits per heavy atom. The van der Waals surface area contributed by atoms with E-state index in [0.29, 0.717) is 12.0 Å². The quantitative estimate of drug-likeness (QED) is 0.473. The molecule has 0 N–H and O–H groups in total. The fourth-order valence-electron chi connectivity index (χ4n) is 1.87. The summed E-state index contributed by atoms with van der Waals surface area (Å²) in [6, 6.07) is 0. The number of Topliss-reactive ketones (excluding diaryl/α,β-unsaturated/α-hetero) is 2. The van der Waals surface area contributed by atoms with E-state index in [1.165, 1.54) is 20.0 Å². The van der Waals surface area contributed by atoms with Crippen LogP contribution in [0.4, 0.5) is 0 Å². The van der Waals surface area contributed by atoms with E-state index in [-0.39, 0.29) is 22.6 Å². The summed E-state index contributed by atoms with van der Waals surface area (Å²) in [5.41, 5.74) is 0.204. The van der Waals surface area contributed by atoms with Gasteiger partial charge in [0.1, 0.15) is 11.3 Å². The van der Waals surface area contributed by atoms with Crippen LogP contribution in [0.15, 0.2) is 6.20 Å². The molecule has 106 valence electrons. The van der Waals surface area contributed by atoms with Crippen LogP contribution in [0.3, 0.4) is 0 Å². The highest BCUT2D eigenvalue weighted by atomic mass is 16.6.